The number of ether oxygens (including phenoxy) is 1. The first kappa shape index (κ1) is 14.7. The van der Waals surface area contributed by atoms with E-state index in [1.54, 1.807) is 18.2 Å². The number of aryl methyl sites for hydroxylation is 1. The Morgan fingerprint density at radius 2 is 1.95 bits per heavy atom. The molecule has 6 heteroatoms. The molecule has 19 heavy (non-hydrogen) atoms. The van der Waals surface area contributed by atoms with Crippen molar-refractivity contribution in [3.05, 3.63) is 35.4 Å². The van der Waals surface area contributed by atoms with Crippen molar-refractivity contribution in [1.29, 1.82) is 0 Å². The Kier molecular flexibility index (Phi) is 5.53. The van der Waals surface area contributed by atoms with E-state index >= 15 is 0 Å². The van der Waals surface area contributed by atoms with Gasteiger partial charge >= 0.3 is 11.9 Å². The molecule has 0 fully saturated rings. The summed E-state index contributed by atoms with van der Waals surface area (Å²) in [6, 6.07) is 6.77. The molecular weight excluding hydrogens is 250 g/mol. The maximum absolute atomic E-state index is 11.6. The summed E-state index contributed by atoms with van der Waals surface area (Å²) in [7, 11) is 1.23. The molecule has 0 radical (unpaired) electrons. The summed E-state index contributed by atoms with van der Waals surface area (Å²) in [5, 5.41) is 0. The Morgan fingerprint density at radius 3 is 2.58 bits per heavy atom. The van der Waals surface area contributed by atoms with Gasteiger partial charge in [-0.2, -0.15) is 5.48 Å². The summed E-state index contributed by atoms with van der Waals surface area (Å²) >= 11 is 0. The van der Waals surface area contributed by atoms with E-state index in [0.717, 1.165) is 5.56 Å². The van der Waals surface area contributed by atoms with Crippen LogP contribution in [0.3, 0.4) is 0 Å². The molecule has 0 bridgehead atoms. The van der Waals surface area contributed by atoms with Crippen LogP contribution in [0.1, 0.15) is 28.8 Å². The van der Waals surface area contributed by atoms with E-state index in [1.165, 1.54) is 7.11 Å². The number of esters is 1. The molecule has 0 aliphatic rings. The van der Waals surface area contributed by atoms with Gasteiger partial charge in [-0.25, -0.2) is 4.79 Å². The van der Waals surface area contributed by atoms with Crippen molar-refractivity contribution in [2.24, 2.45) is 0 Å². The lowest BCUT2D eigenvalue weighted by Gasteiger charge is -2.05. The highest BCUT2D eigenvalue weighted by Crippen LogP contribution is 2.04. The largest absolute Gasteiger partial charge is 0.469 e. The van der Waals surface area contributed by atoms with Gasteiger partial charge in [-0.15, -0.1) is 0 Å². The first-order valence-electron chi connectivity index (χ1n) is 5.66. The van der Waals surface area contributed by atoms with Crippen LogP contribution in [0.5, 0.6) is 0 Å². The summed E-state index contributed by atoms with van der Waals surface area (Å²) < 4.78 is 4.38. The summed E-state index contributed by atoms with van der Waals surface area (Å²) in [5.74, 6) is -1.72. The van der Waals surface area contributed by atoms with Gasteiger partial charge in [0.05, 0.1) is 19.1 Å². The number of hydrogen-bond acceptors (Lipinski definition) is 5. The second kappa shape index (κ2) is 7.15. The van der Waals surface area contributed by atoms with E-state index in [4.69, 9.17) is 0 Å². The van der Waals surface area contributed by atoms with Crippen molar-refractivity contribution < 1.29 is 24.0 Å². The molecule has 0 aliphatic carbocycles. The molecule has 0 saturated heterocycles. The van der Waals surface area contributed by atoms with E-state index in [1.807, 2.05) is 18.5 Å². The minimum atomic E-state index is -0.657. The molecule has 1 rings (SSSR count). The number of carbonyl (C=O) groups is 3. The van der Waals surface area contributed by atoms with Crippen LogP contribution in [0.2, 0.25) is 0 Å². The van der Waals surface area contributed by atoms with Gasteiger partial charge in [0.15, 0.2) is 0 Å². The Labute approximate surface area is 110 Å². The predicted octanol–water partition coefficient (Wildman–Crippen LogP) is 1.14. The van der Waals surface area contributed by atoms with Crippen molar-refractivity contribution in [2.75, 3.05) is 7.11 Å². The van der Waals surface area contributed by atoms with Gasteiger partial charge in [-0.3, -0.25) is 9.59 Å². The Balaban J connectivity index is 2.38. The van der Waals surface area contributed by atoms with Gasteiger partial charge in [0, 0.05) is 6.42 Å². The molecule has 0 spiro atoms. The van der Waals surface area contributed by atoms with Crippen LogP contribution in [0.4, 0.5) is 0 Å². The lowest BCUT2D eigenvalue weighted by atomic mass is 10.1. The van der Waals surface area contributed by atoms with Crippen LogP contribution in [0, 0.1) is 6.92 Å². The van der Waals surface area contributed by atoms with Crippen molar-refractivity contribution in [1.82, 2.24) is 5.48 Å². The smallest absolute Gasteiger partial charge is 0.362 e. The number of nitrogens with one attached hydrogen (secondary N) is 1. The fourth-order valence-electron chi connectivity index (χ4n) is 1.30. The Hall–Kier alpha value is -2.37. The molecule has 0 aliphatic heterocycles. The topological polar surface area (TPSA) is 81.7 Å². The lowest BCUT2D eigenvalue weighted by molar-refractivity contribution is -0.143. The molecule has 1 N–H and O–H groups in total. The molecule has 0 heterocycles. The second-order valence-corrected chi connectivity index (χ2v) is 3.86. The molecule has 1 aromatic rings. The zero-order valence-electron chi connectivity index (χ0n) is 10.8. The van der Waals surface area contributed by atoms with Crippen molar-refractivity contribution in [2.45, 2.75) is 19.8 Å². The highest BCUT2D eigenvalue weighted by atomic mass is 16.7. The molecule has 6 nitrogen and oxygen atoms in total. The predicted molar refractivity (Wildman–Crippen MR) is 66.0 cm³/mol. The Morgan fingerprint density at radius 1 is 1.21 bits per heavy atom. The van der Waals surface area contributed by atoms with Gasteiger partial charge in [0.1, 0.15) is 0 Å². The third kappa shape index (κ3) is 5.20. The molecule has 0 aromatic heterocycles. The standard InChI is InChI=1S/C13H15NO5/c1-9-4-3-5-10(8-9)13(17)19-14-11(15)6-7-12(16)18-2/h3-5,8H,6-7H2,1-2H3,(H,14,15). The minimum Gasteiger partial charge on any atom is -0.469 e. The monoisotopic (exact) mass is 265 g/mol. The van der Waals surface area contributed by atoms with E-state index in [2.05, 4.69) is 9.57 Å². The number of amides is 1. The fraction of sp³-hybridized carbons (Fsp3) is 0.308. The van der Waals surface area contributed by atoms with Crippen molar-refractivity contribution in [3.63, 3.8) is 0 Å². The third-order valence-electron chi connectivity index (χ3n) is 2.30. The molecule has 102 valence electrons. The van der Waals surface area contributed by atoms with E-state index < -0.39 is 17.8 Å². The van der Waals surface area contributed by atoms with Crippen LogP contribution in [0.15, 0.2) is 24.3 Å². The lowest BCUT2D eigenvalue weighted by Crippen LogP contribution is -2.27. The maximum Gasteiger partial charge on any atom is 0.362 e. The molecule has 1 aromatic carbocycles. The SMILES string of the molecule is COC(=O)CCC(=O)NOC(=O)c1cccc(C)c1. The van der Waals surface area contributed by atoms with Gasteiger partial charge in [-0.1, -0.05) is 17.7 Å². The molecule has 1 amide bonds. The minimum absolute atomic E-state index is 0.0651. The van der Waals surface area contributed by atoms with Gasteiger partial charge in [-0.05, 0) is 19.1 Å². The van der Waals surface area contributed by atoms with Crippen LogP contribution < -0.4 is 5.48 Å². The van der Waals surface area contributed by atoms with Gasteiger partial charge in [0.2, 0.25) is 0 Å². The summed E-state index contributed by atoms with van der Waals surface area (Å²) in [5.41, 5.74) is 3.23. The van der Waals surface area contributed by atoms with Crippen LogP contribution in [-0.4, -0.2) is 25.0 Å². The first-order valence-corrected chi connectivity index (χ1v) is 5.66. The maximum atomic E-state index is 11.6. The molecule has 0 saturated carbocycles. The quantitative estimate of drug-likeness (QED) is 0.652. The van der Waals surface area contributed by atoms with E-state index in [-0.39, 0.29) is 12.8 Å². The average molecular weight is 265 g/mol. The van der Waals surface area contributed by atoms with Crippen LogP contribution in [-0.2, 0) is 19.2 Å². The zero-order chi connectivity index (χ0) is 14.3. The number of methoxy groups -OCH3 is 1. The third-order valence-corrected chi connectivity index (χ3v) is 2.30. The number of benzene rings is 1. The van der Waals surface area contributed by atoms with Gasteiger partial charge < -0.3 is 9.57 Å². The van der Waals surface area contributed by atoms with E-state index in [9.17, 15) is 14.4 Å². The highest BCUT2D eigenvalue weighted by molar-refractivity contribution is 5.90. The van der Waals surface area contributed by atoms with E-state index in [0.29, 0.717) is 5.56 Å². The highest BCUT2D eigenvalue weighted by Gasteiger charge is 2.11. The number of rotatable bonds is 4. The normalized spacial score (nSPS) is 9.58. The van der Waals surface area contributed by atoms with Crippen LogP contribution >= 0.6 is 0 Å². The number of hydrogen-bond donors (Lipinski definition) is 1. The van der Waals surface area contributed by atoms with Crippen molar-refractivity contribution >= 4 is 17.8 Å². The first-order chi connectivity index (χ1) is 9.02. The molecule has 0 atom stereocenters. The summed E-state index contributed by atoms with van der Waals surface area (Å²) in [6.45, 7) is 1.84. The zero-order valence-corrected chi connectivity index (χ0v) is 10.8. The Bertz CT molecular complexity index is 484. The summed E-state index contributed by atoms with van der Waals surface area (Å²) in [6.07, 6.45) is -0.169. The second-order valence-electron chi connectivity index (χ2n) is 3.86. The number of hydroxylamine groups is 1. The van der Waals surface area contributed by atoms with Gasteiger partial charge in [0.25, 0.3) is 5.91 Å². The van der Waals surface area contributed by atoms with Crippen LogP contribution in [0.25, 0.3) is 0 Å². The number of carbonyl (C=O) groups excluding carboxylic acids is 3. The average Bonchev–Trinajstić information content (AvgIpc) is 2.41. The molecular formula is C13H15NO5. The van der Waals surface area contributed by atoms with Crippen molar-refractivity contribution in [3.8, 4) is 0 Å². The summed E-state index contributed by atoms with van der Waals surface area (Å²) in [4.78, 5) is 38.3. The fourth-order valence-corrected chi connectivity index (χ4v) is 1.30. The molecule has 0 unspecified atom stereocenters.